The molecule has 2 saturated heterocycles. The molecule has 0 radical (unpaired) electrons. The van der Waals surface area contributed by atoms with Gasteiger partial charge in [-0.05, 0) is 49.7 Å². The van der Waals surface area contributed by atoms with Gasteiger partial charge >= 0.3 is 5.97 Å². The summed E-state index contributed by atoms with van der Waals surface area (Å²) in [6.45, 7) is 2.05. The van der Waals surface area contributed by atoms with Crippen LogP contribution in [0.3, 0.4) is 0 Å². The Balaban J connectivity index is 1.60. The van der Waals surface area contributed by atoms with Crippen LogP contribution >= 0.6 is 0 Å². The zero-order chi connectivity index (χ0) is 19.2. The van der Waals surface area contributed by atoms with Gasteiger partial charge in [-0.2, -0.15) is 5.10 Å². The van der Waals surface area contributed by atoms with Crippen LogP contribution in [-0.4, -0.2) is 35.4 Å². The molecule has 0 saturated carbocycles. The zero-order valence-corrected chi connectivity index (χ0v) is 15.8. The van der Waals surface area contributed by atoms with Crippen molar-refractivity contribution in [2.75, 3.05) is 0 Å². The number of nitrogens with one attached hydrogen (secondary N) is 1. The highest BCUT2D eigenvalue weighted by molar-refractivity contribution is 5.89. The van der Waals surface area contributed by atoms with Crippen molar-refractivity contribution in [1.29, 1.82) is 0 Å². The van der Waals surface area contributed by atoms with E-state index in [1.807, 2.05) is 18.3 Å². The Kier molecular flexibility index (Phi) is 6.61. The second-order valence-corrected chi connectivity index (χ2v) is 7.45. The number of carboxylic acid groups (broad SMARTS) is 1. The first-order valence-electron chi connectivity index (χ1n) is 9.88. The molecule has 4 unspecified atom stereocenters. The zero-order valence-electron chi connectivity index (χ0n) is 15.8. The fraction of sp³-hybridized carbons (Fsp3) is 0.571. The van der Waals surface area contributed by atoms with Gasteiger partial charge in [0.1, 0.15) is 0 Å². The first-order valence-corrected chi connectivity index (χ1v) is 9.88. The minimum absolute atomic E-state index is 0.0517. The molecule has 146 valence electrons. The maximum absolute atomic E-state index is 11.7. The van der Waals surface area contributed by atoms with Crippen LogP contribution in [0.15, 0.2) is 29.4 Å². The molecule has 0 spiro atoms. The first-order chi connectivity index (χ1) is 13.1. The Morgan fingerprint density at radius 1 is 1.30 bits per heavy atom. The van der Waals surface area contributed by atoms with Gasteiger partial charge in [-0.25, -0.2) is 10.2 Å². The van der Waals surface area contributed by atoms with E-state index in [2.05, 4.69) is 17.5 Å². The molecule has 1 amide bonds. The fourth-order valence-electron chi connectivity index (χ4n) is 4.25. The third-order valence-corrected chi connectivity index (χ3v) is 5.67. The van der Waals surface area contributed by atoms with Crippen LogP contribution in [0.2, 0.25) is 0 Å². The van der Waals surface area contributed by atoms with Gasteiger partial charge in [0.2, 0.25) is 5.91 Å². The normalized spacial score (nSPS) is 26.6. The van der Waals surface area contributed by atoms with Crippen molar-refractivity contribution in [2.24, 2.45) is 16.9 Å². The summed E-state index contributed by atoms with van der Waals surface area (Å²) >= 11 is 0. The van der Waals surface area contributed by atoms with Gasteiger partial charge in [-0.3, -0.25) is 4.79 Å². The molecule has 0 aliphatic carbocycles. The molecule has 3 rings (SSSR count). The molecule has 4 atom stereocenters. The second-order valence-electron chi connectivity index (χ2n) is 7.45. The molecule has 2 heterocycles. The highest BCUT2D eigenvalue weighted by Gasteiger charge is 2.47. The SMILES string of the molecule is CCCCC(=O)NN=CC1C2CCC(O2)C1CCc1ccccc1C(=O)O. The number of aryl methyl sites for hydroxylation is 1. The number of hydrazone groups is 1. The molecule has 2 aliphatic rings. The van der Waals surface area contributed by atoms with Crippen LogP contribution in [-0.2, 0) is 16.0 Å². The summed E-state index contributed by atoms with van der Waals surface area (Å²) in [5.74, 6) is -0.457. The van der Waals surface area contributed by atoms with E-state index in [9.17, 15) is 14.7 Å². The summed E-state index contributed by atoms with van der Waals surface area (Å²) in [4.78, 5) is 23.1. The van der Waals surface area contributed by atoms with Gasteiger partial charge in [0.25, 0.3) is 0 Å². The van der Waals surface area contributed by atoms with E-state index < -0.39 is 5.97 Å². The Morgan fingerprint density at radius 3 is 2.85 bits per heavy atom. The van der Waals surface area contributed by atoms with Crippen molar-refractivity contribution < 1.29 is 19.4 Å². The Labute approximate surface area is 160 Å². The smallest absolute Gasteiger partial charge is 0.335 e. The van der Waals surface area contributed by atoms with Crippen molar-refractivity contribution in [1.82, 2.24) is 5.43 Å². The van der Waals surface area contributed by atoms with Crippen molar-refractivity contribution in [3.8, 4) is 0 Å². The number of hydrogen-bond donors (Lipinski definition) is 2. The molecule has 6 nitrogen and oxygen atoms in total. The molecule has 1 aromatic rings. The van der Waals surface area contributed by atoms with Crippen molar-refractivity contribution >= 4 is 18.1 Å². The van der Waals surface area contributed by atoms with E-state index in [4.69, 9.17) is 4.74 Å². The lowest BCUT2D eigenvalue weighted by atomic mass is 9.77. The van der Waals surface area contributed by atoms with Crippen molar-refractivity contribution in [2.45, 2.75) is 64.1 Å². The Morgan fingerprint density at radius 2 is 2.07 bits per heavy atom. The topological polar surface area (TPSA) is 88.0 Å². The van der Waals surface area contributed by atoms with Crippen LogP contribution in [0.1, 0.15) is 61.4 Å². The van der Waals surface area contributed by atoms with Crippen LogP contribution in [0, 0.1) is 11.8 Å². The Hall–Kier alpha value is -2.21. The average Bonchev–Trinajstić information content (AvgIpc) is 3.26. The number of ether oxygens (including phenoxy) is 1. The second kappa shape index (κ2) is 9.13. The fourth-order valence-corrected chi connectivity index (χ4v) is 4.25. The standard InChI is InChI=1S/C21H28N2O4/c1-2-3-8-20(24)23-22-13-17-16(18-11-12-19(17)27-18)10-9-14-6-4-5-7-15(14)21(25)26/h4-7,13,16-19H,2-3,8-12H2,1H3,(H,23,24)(H,25,26). The molecule has 27 heavy (non-hydrogen) atoms. The van der Waals surface area contributed by atoms with Gasteiger partial charge < -0.3 is 9.84 Å². The lowest BCUT2D eigenvalue weighted by molar-refractivity contribution is -0.121. The minimum atomic E-state index is -0.886. The number of nitrogens with zero attached hydrogens (tertiary/aromatic N) is 1. The largest absolute Gasteiger partial charge is 0.478 e. The molecule has 2 N–H and O–H groups in total. The summed E-state index contributed by atoms with van der Waals surface area (Å²) in [5.41, 5.74) is 3.85. The van der Waals surface area contributed by atoms with Crippen molar-refractivity contribution in [3.05, 3.63) is 35.4 Å². The number of fused-ring (bicyclic) bond motifs is 2. The monoisotopic (exact) mass is 372 g/mol. The van der Waals surface area contributed by atoms with E-state index >= 15 is 0 Å². The summed E-state index contributed by atoms with van der Waals surface area (Å²) < 4.78 is 6.07. The maximum Gasteiger partial charge on any atom is 0.335 e. The summed E-state index contributed by atoms with van der Waals surface area (Å²) in [7, 11) is 0. The number of carbonyl (C=O) groups is 2. The van der Waals surface area contributed by atoms with Crippen LogP contribution in [0.4, 0.5) is 0 Å². The average molecular weight is 372 g/mol. The first kappa shape index (κ1) is 19.5. The van der Waals surface area contributed by atoms with E-state index in [0.717, 1.165) is 37.7 Å². The van der Waals surface area contributed by atoms with Gasteiger partial charge in [-0.15, -0.1) is 0 Å². The molecule has 1 aromatic carbocycles. The summed E-state index contributed by atoms with van der Waals surface area (Å²) in [5, 5.41) is 13.5. The molecule has 2 aliphatic heterocycles. The highest BCUT2D eigenvalue weighted by atomic mass is 16.5. The van der Waals surface area contributed by atoms with Gasteiger partial charge in [-0.1, -0.05) is 31.5 Å². The van der Waals surface area contributed by atoms with Gasteiger partial charge in [0.15, 0.2) is 0 Å². The number of hydrogen-bond acceptors (Lipinski definition) is 4. The molecular weight excluding hydrogens is 344 g/mol. The summed E-state index contributed by atoms with van der Waals surface area (Å²) in [6, 6.07) is 7.17. The number of unbranched alkanes of at least 4 members (excludes halogenated alkanes) is 1. The summed E-state index contributed by atoms with van der Waals surface area (Å²) in [6.07, 6.45) is 8.17. The Bertz CT molecular complexity index is 703. The number of carbonyl (C=O) groups excluding carboxylic acids is 1. The third-order valence-electron chi connectivity index (χ3n) is 5.67. The molecule has 2 fully saturated rings. The molecule has 6 heteroatoms. The van der Waals surface area contributed by atoms with Crippen LogP contribution < -0.4 is 5.43 Å². The molecule has 2 bridgehead atoms. The maximum atomic E-state index is 11.7. The number of amides is 1. The van der Waals surface area contributed by atoms with Crippen LogP contribution in [0.5, 0.6) is 0 Å². The van der Waals surface area contributed by atoms with Gasteiger partial charge in [0.05, 0.1) is 17.8 Å². The van der Waals surface area contributed by atoms with Crippen molar-refractivity contribution in [3.63, 3.8) is 0 Å². The van der Waals surface area contributed by atoms with E-state index in [-0.39, 0.29) is 24.0 Å². The number of benzene rings is 1. The minimum Gasteiger partial charge on any atom is -0.478 e. The number of aromatic carboxylic acids is 1. The lowest BCUT2D eigenvalue weighted by Crippen LogP contribution is -2.30. The van der Waals surface area contributed by atoms with E-state index in [0.29, 0.717) is 24.3 Å². The lowest BCUT2D eigenvalue weighted by Gasteiger charge is -2.25. The highest BCUT2D eigenvalue weighted by Crippen LogP contribution is 2.44. The predicted octanol–water partition coefficient (Wildman–Crippen LogP) is 3.40. The molecule has 0 aromatic heterocycles. The quantitative estimate of drug-likeness (QED) is 0.514. The van der Waals surface area contributed by atoms with Crippen LogP contribution in [0.25, 0.3) is 0 Å². The predicted molar refractivity (Wildman–Crippen MR) is 103 cm³/mol. The molecular formula is C21H28N2O4. The van der Waals surface area contributed by atoms with Gasteiger partial charge in [0, 0.05) is 18.6 Å². The number of carboxylic acids is 1. The number of rotatable bonds is 9. The third kappa shape index (κ3) is 4.75. The van der Waals surface area contributed by atoms with E-state index in [1.165, 1.54) is 0 Å². The van der Waals surface area contributed by atoms with E-state index in [1.54, 1.807) is 12.1 Å².